The van der Waals surface area contributed by atoms with Gasteiger partial charge in [0, 0.05) is 36.4 Å². The SMILES string of the molecule is CCCC(=O)Nc1ccc(C(=O)N2CCC(c3ccc(NC(=O)C4(C(F)(F)F)CC4)cc3)CC2)cc1C. The van der Waals surface area contributed by atoms with Gasteiger partial charge in [0.15, 0.2) is 0 Å². The number of nitrogens with zero attached hydrogens (tertiary/aromatic N) is 1. The lowest BCUT2D eigenvalue weighted by Crippen LogP contribution is -2.38. The topological polar surface area (TPSA) is 78.5 Å². The molecule has 4 rings (SSSR count). The molecule has 1 heterocycles. The summed E-state index contributed by atoms with van der Waals surface area (Å²) in [5.41, 5.74) is 1.26. The molecule has 0 aromatic heterocycles. The van der Waals surface area contributed by atoms with E-state index in [0.717, 1.165) is 30.4 Å². The standard InChI is InChI=1S/C28H32F3N3O3/c1-3-4-24(35)33-23-10-7-21(17-18(23)2)25(36)34-15-11-20(12-16-34)19-5-8-22(9-6-19)32-26(37)27(13-14-27)28(29,30)31/h5-10,17,20H,3-4,11-16H2,1-2H3,(H,32,37)(H,33,35). The van der Waals surface area contributed by atoms with Crippen LogP contribution < -0.4 is 10.6 Å². The highest BCUT2D eigenvalue weighted by Gasteiger charge is 2.68. The van der Waals surface area contributed by atoms with Gasteiger partial charge in [-0.3, -0.25) is 14.4 Å². The van der Waals surface area contributed by atoms with Gasteiger partial charge in [0.2, 0.25) is 11.8 Å². The van der Waals surface area contributed by atoms with Crippen molar-refractivity contribution >= 4 is 29.1 Å². The van der Waals surface area contributed by atoms with Crippen LogP contribution in [0.15, 0.2) is 42.5 Å². The van der Waals surface area contributed by atoms with Crippen molar-refractivity contribution in [2.24, 2.45) is 5.41 Å². The van der Waals surface area contributed by atoms with Gasteiger partial charge >= 0.3 is 6.18 Å². The summed E-state index contributed by atoms with van der Waals surface area (Å²) in [4.78, 5) is 38.9. The monoisotopic (exact) mass is 515 g/mol. The predicted octanol–water partition coefficient (Wildman–Crippen LogP) is 6.03. The Bertz CT molecular complexity index is 1170. The van der Waals surface area contributed by atoms with Crippen molar-refractivity contribution in [1.82, 2.24) is 4.90 Å². The third-order valence-corrected chi connectivity index (χ3v) is 7.37. The Morgan fingerprint density at radius 2 is 1.65 bits per heavy atom. The van der Waals surface area contributed by atoms with Gasteiger partial charge in [0.25, 0.3) is 5.91 Å². The first kappa shape index (κ1) is 26.7. The first-order valence-corrected chi connectivity index (χ1v) is 12.7. The number of rotatable bonds is 7. The molecule has 1 saturated heterocycles. The normalized spacial score (nSPS) is 17.3. The molecule has 2 aliphatic rings. The van der Waals surface area contributed by atoms with E-state index in [4.69, 9.17) is 0 Å². The Kier molecular flexibility index (Phi) is 7.62. The van der Waals surface area contributed by atoms with Crippen molar-refractivity contribution in [2.75, 3.05) is 23.7 Å². The van der Waals surface area contributed by atoms with Crippen molar-refractivity contribution < 1.29 is 27.6 Å². The maximum atomic E-state index is 13.2. The summed E-state index contributed by atoms with van der Waals surface area (Å²) in [5.74, 6) is -0.872. The molecule has 1 saturated carbocycles. The molecule has 0 unspecified atom stereocenters. The van der Waals surface area contributed by atoms with E-state index in [9.17, 15) is 27.6 Å². The number of nitrogens with one attached hydrogen (secondary N) is 2. The number of hydrogen-bond donors (Lipinski definition) is 2. The molecule has 3 amide bonds. The molecule has 2 fully saturated rings. The summed E-state index contributed by atoms with van der Waals surface area (Å²) < 4.78 is 39.5. The van der Waals surface area contributed by atoms with Crippen molar-refractivity contribution in [3.05, 3.63) is 59.2 Å². The van der Waals surface area contributed by atoms with Crippen molar-refractivity contribution in [1.29, 1.82) is 0 Å². The number of anilines is 2. The van der Waals surface area contributed by atoms with E-state index in [2.05, 4.69) is 10.6 Å². The highest BCUT2D eigenvalue weighted by Crippen LogP contribution is 2.58. The minimum Gasteiger partial charge on any atom is -0.339 e. The lowest BCUT2D eigenvalue weighted by Gasteiger charge is -2.32. The average molecular weight is 516 g/mol. The molecule has 0 bridgehead atoms. The molecule has 2 N–H and O–H groups in total. The third kappa shape index (κ3) is 5.81. The summed E-state index contributed by atoms with van der Waals surface area (Å²) in [6, 6.07) is 12.2. The van der Waals surface area contributed by atoms with E-state index in [1.807, 2.05) is 30.9 Å². The second-order valence-electron chi connectivity index (χ2n) is 10.1. The van der Waals surface area contributed by atoms with Crippen LogP contribution in [-0.2, 0) is 9.59 Å². The fourth-order valence-corrected chi connectivity index (χ4v) is 4.83. The highest BCUT2D eigenvalue weighted by molar-refractivity contribution is 5.98. The summed E-state index contributed by atoms with van der Waals surface area (Å²) in [6.07, 6.45) is -2.13. The molecule has 2 aromatic carbocycles. The van der Waals surface area contributed by atoms with E-state index < -0.39 is 17.5 Å². The number of halogens is 3. The summed E-state index contributed by atoms with van der Waals surface area (Å²) in [5, 5.41) is 5.29. The Labute approximate surface area is 214 Å². The van der Waals surface area contributed by atoms with Gasteiger partial charge in [0.1, 0.15) is 5.41 Å². The molecule has 1 aliphatic carbocycles. The number of piperidine rings is 1. The first-order valence-electron chi connectivity index (χ1n) is 12.7. The van der Waals surface area contributed by atoms with Gasteiger partial charge in [-0.25, -0.2) is 0 Å². The van der Waals surface area contributed by atoms with Crippen molar-refractivity contribution in [2.45, 2.75) is 64.5 Å². The van der Waals surface area contributed by atoms with Crippen LogP contribution in [0.5, 0.6) is 0 Å². The van der Waals surface area contributed by atoms with Crippen LogP contribution in [0.1, 0.15) is 72.9 Å². The molecule has 6 nitrogen and oxygen atoms in total. The molecule has 37 heavy (non-hydrogen) atoms. The molecule has 9 heteroatoms. The summed E-state index contributed by atoms with van der Waals surface area (Å²) in [7, 11) is 0. The number of alkyl halides is 3. The van der Waals surface area contributed by atoms with Crippen LogP contribution in [0, 0.1) is 12.3 Å². The molecule has 1 aliphatic heterocycles. The van der Waals surface area contributed by atoms with Gasteiger partial charge in [0.05, 0.1) is 0 Å². The van der Waals surface area contributed by atoms with Gasteiger partial charge in [-0.1, -0.05) is 19.1 Å². The van der Waals surface area contributed by atoms with Crippen LogP contribution >= 0.6 is 0 Å². The molecule has 0 radical (unpaired) electrons. The zero-order valence-electron chi connectivity index (χ0n) is 21.1. The molecular weight excluding hydrogens is 483 g/mol. The molecule has 0 spiro atoms. The Morgan fingerprint density at radius 3 is 2.19 bits per heavy atom. The maximum absolute atomic E-state index is 13.2. The fourth-order valence-electron chi connectivity index (χ4n) is 4.83. The summed E-state index contributed by atoms with van der Waals surface area (Å²) in [6.45, 7) is 4.98. The molecule has 0 atom stereocenters. The van der Waals surface area contributed by atoms with E-state index >= 15 is 0 Å². The first-order chi connectivity index (χ1) is 17.5. The van der Waals surface area contributed by atoms with Crippen LogP contribution in [0.4, 0.5) is 24.5 Å². The van der Waals surface area contributed by atoms with Gasteiger partial charge in [-0.05, 0) is 86.4 Å². The average Bonchev–Trinajstić information content (AvgIpc) is 3.68. The third-order valence-electron chi connectivity index (χ3n) is 7.37. The number of benzene rings is 2. The minimum absolute atomic E-state index is 0.0460. The lowest BCUT2D eigenvalue weighted by molar-refractivity contribution is -0.189. The van der Waals surface area contributed by atoms with E-state index in [1.165, 1.54) is 0 Å². The largest absolute Gasteiger partial charge is 0.403 e. The summed E-state index contributed by atoms with van der Waals surface area (Å²) >= 11 is 0. The number of carbonyl (C=O) groups excluding carboxylic acids is 3. The number of hydrogen-bond acceptors (Lipinski definition) is 3. The number of carbonyl (C=O) groups is 3. The van der Waals surface area contributed by atoms with Gasteiger partial charge < -0.3 is 15.5 Å². The van der Waals surface area contributed by atoms with Crippen LogP contribution in [0.3, 0.4) is 0 Å². The van der Waals surface area contributed by atoms with Crippen molar-refractivity contribution in [3.63, 3.8) is 0 Å². The van der Waals surface area contributed by atoms with Crippen LogP contribution in [0.25, 0.3) is 0 Å². The number of amides is 3. The second-order valence-corrected chi connectivity index (χ2v) is 10.1. The Balaban J connectivity index is 1.31. The highest BCUT2D eigenvalue weighted by atomic mass is 19.4. The smallest absolute Gasteiger partial charge is 0.339 e. The van der Waals surface area contributed by atoms with Gasteiger partial charge in [-0.15, -0.1) is 0 Å². The van der Waals surface area contributed by atoms with E-state index in [-0.39, 0.29) is 30.6 Å². The van der Waals surface area contributed by atoms with Crippen LogP contribution in [0.2, 0.25) is 0 Å². The van der Waals surface area contributed by atoms with Gasteiger partial charge in [-0.2, -0.15) is 13.2 Å². The number of likely N-dealkylation sites (tertiary alicyclic amines) is 1. The fraction of sp³-hybridized carbons (Fsp3) is 0.464. The Morgan fingerprint density at radius 1 is 1.00 bits per heavy atom. The maximum Gasteiger partial charge on any atom is 0.403 e. The van der Waals surface area contributed by atoms with E-state index in [1.54, 1.807) is 30.3 Å². The zero-order chi connectivity index (χ0) is 26.8. The van der Waals surface area contributed by atoms with Crippen LogP contribution in [-0.4, -0.2) is 41.9 Å². The minimum atomic E-state index is -4.53. The predicted molar refractivity (Wildman–Crippen MR) is 135 cm³/mol. The second kappa shape index (κ2) is 10.6. The van der Waals surface area contributed by atoms with Crippen molar-refractivity contribution in [3.8, 4) is 0 Å². The van der Waals surface area contributed by atoms with E-state index in [0.29, 0.717) is 36.4 Å². The molecule has 198 valence electrons. The Hall–Kier alpha value is -3.36. The lowest BCUT2D eigenvalue weighted by atomic mass is 9.89. The quantitative estimate of drug-likeness (QED) is 0.472. The zero-order valence-corrected chi connectivity index (χ0v) is 21.1. The molecule has 2 aromatic rings. The number of aryl methyl sites for hydroxylation is 1. The molecular formula is C28H32F3N3O3.